The predicted molar refractivity (Wildman–Crippen MR) is 64.6 cm³/mol. The third-order valence-corrected chi connectivity index (χ3v) is 1.94. The molecule has 0 aliphatic heterocycles. The van der Waals surface area contributed by atoms with Gasteiger partial charge in [-0.25, -0.2) is 0 Å². The lowest BCUT2D eigenvalue weighted by molar-refractivity contribution is 0.384. The Morgan fingerprint density at radius 1 is 1.33 bits per heavy atom. The van der Waals surface area contributed by atoms with E-state index in [1.165, 1.54) is 11.8 Å². The Kier molecular flexibility index (Phi) is 5.75. The number of nitrogens with zero attached hydrogens (tertiary/aromatic N) is 1. The standard InChI is InChI=1S/C10H16N2O.C2H6/c1-6(2)9-8(5-11)13-12-10(9)7(3)4;1-2/h5,7H,11H2,1-4H3;1-2H3/b8-5+;. The van der Waals surface area contributed by atoms with E-state index in [9.17, 15) is 0 Å². The zero-order valence-corrected chi connectivity index (χ0v) is 10.6. The van der Waals surface area contributed by atoms with E-state index >= 15 is 0 Å². The predicted octanol–water partition coefficient (Wildman–Crippen LogP) is 1.71. The minimum Gasteiger partial charge on any atom is -0.402 e. The van der Waals surface area contributed by atoms with Crippen molar-refractivity contribution >= 4 is 11.8 Å². The Hall–Kier alpha value is -1.25. The van der Waals surface area contributed by atoms with Crippen LogP contribution in [0.3, 0.4) is 0 Å². The summed E-state index contributed by atoms with van der Waals surface area (Å²) >= 11 is 0. The fraction of sp³-hybridized carbons (Fsp3) is 0.583. The Balaban J connectivity index is 0.000000921. The molecule has 0 aromatic carbocycles. The van der Waals surface area contributed by atoms with Crippen molar-refractivity contribution in [3.63, 3.8) is 0 Å². The summed E-state index contributed by atoms with van der Waals surface area (Å²) in [7, 11) is 0. The largest absolute Gasteiger partial charge is 0.402 e. The van der Waals surface area contributed by atoms with Gasteiger partial charge in [0.15, 0.2) is 5.42 Å². The zero-order valence-electron chi connectivity index (χ0n) is 10.6. The van der Waals surface area contributed by atoms with Gasteiger partial charge >= 0.3 is 0 Å². The van der Waals surface area contributed by atoms with Crippen LogP contribution in [0.25, 0.3) is 11.8 Å². The van der Waals surface area contributed by atoms with Crippen LogP contribution in [0.5, 0.6) is 0 Å². The highest BCUT2D eigenvalue weighted by molar-refractivity contribution is 5.41. The minimum absolute atomic E-state index is 0.363. The first kappa shape index (κ1) is 13.8. The average molecular weight is 210 g/mol. The van der Waals surface area contributed by atoms with Crippen molar-refractivity contribution in [2.24, 2.45) is 5.73 Å². The molecule has 1 aromatic rings. The highest BCUT2D eigenvalue weighted by Crippen LogP contribution is 2.05. The zero-order chi connectivity index (χ0) is 12.0. The molecular weight excluding hydrogens is 188 g/mol. The first-order valence-corrected chi connectivity index (χ1v) is 5.43. The molecule has 0 radical (unpaired) electrons. The summed E-state index contributed by atoms with van der Waals surface area (Å²) in [6, 6.07) is 0. The molecule has 0 spiro atoms. The summed E-state index contributed by atoms with van der Waals surface area (Å²) in [5.41, 5.74) is 8.27. The van der Waals surface area contributed by atoms with Gasteiger partial charge in [-0.3, -0.25) is 0 Å². The summed E-state index contributed by atoms with van der Waals surface area (Å²) in [4.78, 5) is 0. The molecule has 0 saturated heterocycles. The van der Waals surface area contributed by atoms with Crippen molar-refractivity contribution in [3.05, 3.63) is 16.3 Å². The molecule has 0 bridgehead atoms. The van der Waals surface area contributed by atoms with Crippen molar-refractivity contribution in [2.45, 2.75) is 47.5 Å². The molecule has 0 unspecified atom stereocenters. The molecular formula is C12H22N2O. The number of nitrogens with two attached hydrogens (primary N) is 1. The van der Waals surface area contributed by atoms with Crippen LogP contribution >= 0.6 is 0 Å². The summed E-state index contributed by atoms with van der Waals surface area (Å²) in [5, 5.41) is 5.05. The monoisotopic (exact) mass is 210 g/mol. The summed E-state index contributed by atoms with van der Waals surface area (Å²) < 4.78 is 5.12. The summed E-state index contributed by atoms with van der Waals surface area (Å²) in [6.07, 6.45) is 1.46. The van der Waals surface area contributed by atoms with Gasteiger partial charge in [0.2, 0.25) is 0 Å². The van der Waals surface area contributed by atoms with Crippen molar-refractivity contribution in [3.8, 4) is 0 Å². The van der Waals surface area contributed by atoms with E-state index in [4.69, 9.17) is 10.3 Å². The molecule has 1 aromatic heterocycles. The van der Waals surface area contributed by atoms with E-state index in [1.54, 1.807) is 0 Å². The average Bonchev–Trinajstić information content (AvgIpc) is 2.64. The maximum absolute atomic E-state index is 5.43. The Morgan fingerprint density at radius 2 is 1.87 bits per heavy atom. The van der Waals surface area contributed by atoms with Crippen molar-refractivity contribution in [2.75, 3.05) is 0 Å². The first-order chi connectivity index (χ1) is 7.07. The topological polar surface area (TPSA) is 52.0 Å². The highest BCUT2D eigenvalue weighted by atomic mass is 16.5. The number of hydrogen-bond acceptors (Lipinski definition) is 3. The Morgan fingerprint density at radius 3 is 2.20 bits per heavy atom. The Labute approximate surface area is 91.6 Å². The number of rotatable bonds is 1. The molecule has 1 heterocycles. The number of hydrogen-bond donors (Lipinski definition) is 1. The van der Waals surface area contributed by atoms with E-state index in [-0.39, 0.29) is 0 Å². The molecule has 2 N–H and O–H groups in total. The van der Waals surface area contributed by atoms with Crippen molar-refractivity contribution < 1.29 is 4.52 Å². The van der Waals surface area contributed by atoms with Crippen molar-refractivity contribution in [1.82, 2.24) is 5.16 Å². The van der Waals surface area contributed by atoms with Gasteiger partial charge in [-0.2, -0.15) is 0 Å². The lowest BCUT2D eigenvalue weighted by atomic mass is 10.1. The van der Waals surface area contributed by atoms with Crippen molar-refractivity contribution in [1.29, 1.82) is 0 Å². The van der Waals surface area contributed by atoms with Crippen LogP contribution in [0.15, 0.2) is 4.52 Å². The van der Waals surface area contributed by atoms with Gasteiger partial charge in [0, 0.05) is 11.4 Å². The van der Waals surface area contributed by atoms with E-state index < -0.39 is 0 Å². The molecule has 0 aliphatic carbocycles. The van der Waals surface area contributed by atoms with Gasteiger partial charge in [0.1, 0.15) is 0 Å². The minimum atomic E-state index is 0.363. The van der Waals surface area contributed by atoms with Crippen LogP contribution in [-0.2, 0) is 0 Å². The van der Waals surface area contributed by atoms with Gasteiger partial charge in [0.05, 0.1) is 5.69 Å². The van der Waals surface area contributed by atoms with Crippen LogP contribution in [0.1, 0.15) is 53.2 Å². The van der Waals surface area contributed by atoms with E-state index in [0.717, 1.165) is 10.9 Å². The fourth-order valence-electron chi connectivity index (χ4n) is 1.33. The van der Waals surface area contributed by atoms with Gasteiger partial charge in [-0.1, -0.05) is 38.4 Å². The smallest absolute Gasteiger partial charge is 0.182 e. The second-order valence-electron chi connectivity index (χ2n) is 3.63. The molecule has 3 heteroatoms. The third kappa shape index (κ3) is 3.11. The van der Waals surface area contributed by atoms with Crippen LogP contribution in [-0.4, -0.2) is 5.16 Å². The van der Waals surface area contributed by atoms with Crippen LogP contribution < -0.4 is 16.4 Å². The van der Waals surface area contributed by atoms with Crippen LogP contribution in [0, 0.1) is 0 Å². The summed E-state index contributed by atoms with van der Waals surface area (Å²) in [5.74, 6) is 0.363. The lowest BCUT2D eigenvalue weighted by Crippen LogP contribution is -2.26. The molecule has 0 aliphatic rings. The first-order valence-electron chi connectivity index (χ1n) is 5.43. The molecule has 1 rings (SSSR count). The second kappa shape index (κ2) is 6.27. The van der Waals surface area contributed by atoms with E-state index in [0.29, 0.717) is 11.3 Å². The Bertz CT molecular complexity index is 398. The molecule has 0 fully saturated rings. The van der Waals surface area contributed by atoms with E-state index in [2.05, 4.69) is 19.0 Å². The normalized spacial score (nSPS) is 11.3. The SMILES string of the molecule is CC.CC(C)=c1c(C(C)C)no/c1=C/N. The molecule has 3 nitrogen and oxygen atoms in total. The molecule has 86 valence electrons. The maximum atomic E-state index is 5.43. The summed E-state index contributed by atoms with van der Waals surface area (Å²) in [6.45, 7) is 12.2. The molecule has 0 amide bonds. The highest BCUT2D eigenvalue weighted by Gasteiger charge is 2.08. The quantitative estimate of drug-likeness (QED) is 0.767. The van der Waals surface area contributed by atoms with Gasteiger partial charge < -0.3 is 10.3 Å². The molecule has 15 heavy (non-hydrogen) atoms. The number of aromatic nitrogens is 1. The molecule has 0 atom stereocenters. The third-order valence-electron chi connectivity index (χ3n) is 1.94. The van der Waals surface area contributed by atoms with E-state index in [1.807, 2.05) is 27.7 Å². The second-order valence-corrected chi connectivity index (χ2v) is 3.63. The van der Waals surface area contributed by atoms with Gasteiger partial charge in [0.25, 0.3) is 0 Å². The fourth-order valence-corrected chi connectivity index (χ4v) is 1.33. The van der Waals surface area contributed by atoms with Crippen LogP contribution in [0.4, 0.5) is 0 Å². The van der Waals surface area contributed by atoms with Crippen LogP contribution in [0.2, 0.25) is 0 Å². The van der Waals surface area contributed by atoms with Gasteiger partial charge in [-0.05, 0) is 19.8 Å². The molecule has 0 saturated carbocycles. The lowest BCUT2D eigenvalue weighted by Gasteiger charge is -1.97. The van der Waals surface area contributed by atoms with Gasteiger partial charge in [-0.15, -0.1) is 0 Å². The maximum Gasteiger partial charge on any atom is 0.182 e.